The zero-order valence-corrected chi connectivity index (χ0v) is 9.68. The highest BCUT2D eigenvalue weighted by Crippen LogP contribution is 2.36. The minimum atomic E-state index is -4.61. The van der Waals surface area contributed by atoms with Crippen LogP contribution in [0, 0.1) is 0 Å². The van der Waals surface area contributed by atoms with Gasteiger partial charge in [0, 0.05) is 5.69 Å². The molecule has 0 saturated carbocycles. The summed E-state index contributed by atoms with van der Waals surface area (Å²) >= 11 is 5.40. The van der Waals surface area contributed by atoms with Crippen LogP contribution in [-0.4, -0.2) is 24.4 Å². The number of halogens is 4. The van der Waals surface area contributed by atoms with E-state index in [1.807, 2.05) is 0 Å². The number of hydrogen-bond acceptors (Lipinski definition) is 3. The first-order valence-electron chi connectivity index (χ1n) is 4.76. The van der Waals surface area contributed by atoms with Crippen LogP contribution in [0.3, 0.4) is 0 Å². The van der Waals surface area contributed by atoms with Crippen LogP contribution < -0.4 is 5.32 Å². The van der Waals surface area contributed by atoms with E-state index in [1.54, 1.807) is 0 Å². The molecule has 1 amide bonds. The molecule has 0 heterocycles. The number of ether oxygens (including phenoxy) is 1. The molecule has 0 aliphatic carbocycles. The summed E-state index contributed by atoms with van der Waals surface area (Å²) in [7, 11) is 0. The largest absolute Gasteiger partial charge is 0.447 e. The Labute approximate surface area is 105 Å². The summed E-state index contributed by atoms with van der Waals surface area (Å²) in [5.41, 5.74) is -1.15. The maximum Gasteiger partial charge on any atom is 0.417 e. The molecule has 0 aromatic heterocycles. The molecule has 1 rings (SSSR count). The Balaban J connectivity index is 2.83. The summed E-state index contributed by atoms with van der Waals surface area (Å²) in [5.74, 6) is 0. The molecule has 0 atom stereocenters. The molecule has 0 fully saturated rings. The summed E-state index contributed by atoms with van der Waals surface area (Å²) in [4.78, 5) is 11.1. The van der Waals surface area contributed by atoms with Gasteiger partial charge in [-0.25, -0.2) is 4.79 Å². The first-order chi connectivity index (χ1) is 8.34. The van der Waals surface area contributed by atoms with E-state index >= 15 is 0 Å². The average Bonchev–Trinajstić information content (AvgIpc) is 2.27. The first kappa shape index (κ1) is 14.6. The summed E-state index contributed by atoms with van der Waals surface area (Å²) < 4.78 is 42.0. The van der Waals surface area contributed by atoms with Crippen LogP contribution in [0.15, 0.2) is 18.2 Å². The number of nitrogens with one attached hydrogen (secondary N) is 1. The van der Waals surface area contributed by atoms with Gasteiger partial charge in [0.15, 0.2) is 0 Å². The molecule has 0 aliphatic rings. The van der Waals surface area contributed by atoms with Crippen LogP contribution in [0.25, 0.3) is 0 Å². The fourth-order valence-corrected chi connectivity index (χ4v) is 1.34. The van der Waals surface area contributed by atoms with E-state index in [0.717, 1.165) is 6.07 Å². The van der Waals surface area contributed by atoms with Gasteiger partial charge in [0.2, 0.25) is 0 Å². The molecule has 0 spiro atoms. The molecule has 0 bridgehead atoms. The van der Waals surface area contributed by atoms with Gasteiger partial charge in [-0.3, -0.25) is 5.32 Å². The molecule has 8 heteroatoms. The summed E-state index contributed by atoms with van der Waals surface area (Å²) in [6.45, 7) is -0.618. The Kier molecular flexibility index (Phi) is 4.80. The van der Waals surface area contributed by atoms with E-state index in [2.05, 4.69) is 10.1 Å². The molecule has 18 heavy (non-hydrogen) atoms. The average molecular weight is 284 g/mol. The zero-order chi connectivity index (χ0) is 13.8. The second-order valence-corrected chi connectivity index (χ2v) is 3.58. The number of rotatable bonds is 3. The number of benzene rings is 1. The lowest BCUT2D eigenvalue weighted by Crippen LogP contribution is -2.16. The topological polar surface area (TPSA) is 58.6 Å². The van der Waals surface area contributed by atoms with Crippen molar-refractivity contribution in [3.63, 3.8) is 0 Å². The van der Waals surface area contributed by atoms with Crippen LogP contribution in [0.4, 0.5) is 23.7 Å². The van der Waals surface area contributed by atoms with Crippen molar-refractivity contribution in [2.75, 3.05) is 18.5 Å². The Morgan fingerprint density at radius 1 is 1.44 bits per heavy atom. The molecule has 1 aromatic rings. The zero-order valence-electron chi connectivity index (χ0n) is 8.92. The van der Waals surface area contributed by atoms with Gasteiger partial charge in [-0.1, -0.05) is 11.6 Å². The van der Waals surface area contributed by atoms with Crippen LogP contribution in [0.5, 0.6) is 0 Å². The Morgan fingerprint density at radius 2 is 2.11 bits per heavy atom. The van der Waals surface area contributed by atoms with Crippen molar-refractivity contribution in [2.24, 2.45) is 0 Å². The van der Waals surface area contributed by atoms with Gasteiger partial charge in [-0.2, -0.15) is 13.2 Å². The predicted molar refractivity (Wildman–Crippen MR) is 58.5 cm³/mol. The van der Waals surface area contributed by atoms with Gasteiger partial charge in [-0.05, 0) is 18.2 Å². The predicted octanol–water partition coefficient (Wildman–Crippen LogP) is 2.90. The molecule has 0 radical (unpaired) electrons. The second kappa shape index (κ2) is 5.92. The van der Waals surface area contributed by atoms with E-state index in [-0.39, 0.29) is 18.9 Å². The highest BCUT2D eigenvalue weighted by atomic mass is 35.5. The fourth-order valence-electron chi connectivity index (χ4n) is 1.11. The highest BCUT2D eigenvalue weighted by Gasteiger charge is 2.33. The van der Waals surface area contributed by atoms with Crippen molar-refractivity contribution >= 4 is 23.4 Å². The Morgan fingerprint density at radius 3 is 2.67 bits per heavy atom. The van der Waals surface area contributed by atoms with Crippen LogP contribution in [-0.2, 0) is 10.9 Å². The van der Waals surface area contributed by atoms with Gasteiger partial charge in [0.1, 0.15) is 6.61 Å². The quantitative estimate of drug-likeness (QED) is 0.897. The first-order valence-corrected chi connectivity index (χ1v) is 5.14. The molecule has 0 aliphatic heterocycles. The minimum Gasteiger partial charge on any atom is -0.447 e. The van der Waals surface area contributed by atoms with Gasteiger partial charge < -0.3 is 9.84 Å². The molecule has 2 N–H and O–H groups in total. The number of carbonyl (C=O) groups excluding carboxylic acids is 1. The van der Waals surface area contributed by atoms with Crippen molar-refractivity contribution < 1.29 is 27.8 Å². The van der Waals surface area contributed by atoms with Crippen molar-refractivity contribution in [3.8, 4) is 0 Å². The maximum absolute atomic E-state index is 12.5. The number of alkyl halides is 3. The molecule has 100 valence electrons. The van der Waals surface area contributed by atoms with Crippen molar-refractivity contribution in [2.45, 2.75) is 6.18 Å². The monoisotopic (exact) mass is 283 g/mol. The van der Waals surface area contributed by atoms with E-state index in [1.165, 1.54) is 6.07 Å². The third-order valence-corrected chi connectivity index (χ3v) is 2.17. The van der Waals surface area contributed by atoms with E-state index in [4.69, 9.17) is 16.7 Å². The SMILES string of the molecule is O=C(Nc1ccc(Cl)c(C(F)(F)F)c1)OCCO. The third kappa shape index (κ3) is 4.08. The fraction of sp³-hybridized carbons (Fsp3) is 0.300. The Hall–Kier alpha value is -1.47. The number of hydrogen-bond donors (Lipinski definition) is 2. The highest BCUT2D eigenvalue weighted by molar-refractivity contribution is 6.31. The van der Waals surface area contributed by atoms with Crippen molar-refractivity contribution in [3.05, 3.63) is 28.8 Å². The van der Waals surface area contributed by atoms with Gasteiger partial charge >= 0.3 is 12.3 Å². The van der Waals surface area contributed by atoms with E-state index in [9.17, 15) is 18.0 Å². The van der Waals surface area contributed by atoms with Crippen molar-refractivity contribution in [1.82, 2.24) is 0 Å². The second-order valence-electron chi connectivity index (χ2n) is 3.18. The molecule has 1 aromatic carbocycles. The molecule has 0 unspecified atom stereocenters. The number of anilines is 1. The molecular formula is C10H9ClF3NO3. The lowest BCUT2D eigenvalue weighted by Gasteiger charge is -2.11. The van der Waals surface area contributed by atoms with Crippen molar-refractivity contribution in [1.29, 1.82) is 0 Å². The summed E-state index contributed by atoms with van der Waals surface area (Å²) in [6, 6.07) is 2.92. The lowest BCUT2D eigenvalue weighted by atomic mass is 10.2. The number of carbonyl (C=O) groups is 1. The molecular weight excluding hydrogens is 275 g/mol. The lowest BCUT2D eigenvalue weighted by molar-refractivity contribution is -0.137. The standard InChI is InChI=1S/C10H9ClF3NO3/c11-8-2-1-6(5-7(8)10(12,13)14)15-9(17)18-4-3-16/h1-2,5,16H,3-4H2,(H,15,17). The molecule has 0 saturated heterocycles. The Bertz CT molecular complexity index is 437. The maximum atomic E-state index is 12.5. The van der Waals surface area contributed by atoms with Gasteiger partial charge in [0.05, 0.1) is 17.2 Å². The number of aliphatic hydroxyl groups excluding tert-OH is 1. The number of amides is 1. The number of aliphatic hydroxyl groups is 1. The van der Waals surface area contributed by atoms with Crippen LogP contribution >= 0.6 is 11.6 Å². The molecule has 4 nitrogen and oxygen atoms in total. The normalized spacial score (nSPS) is 11.2. The van der Waals surface area contributed by atoms with E-state index in [0.29, 0.717) is 6.07 Å². The van der Waals surface area contributed by atoms with E-state index < -0.39 is 22.9 Å². The smallest absolute Gasteiger partial charge is 0.417 e. The third-order valence-electron chi connectivity index (χ3n) is 1.84. The summed E-state index contributed by atoms with van der Waals surface area (Å²) in [5, 5.41) is 10.0. The van der Waals surface area contributed by atoms with Gasteiger partial charge in [-0.15, -0.1) is 0 Å². The minimum absolute atomic E-state index is 0.102. The van der Waals surface area contributed by atoms with Crippen LogP contribution in [0.2, 0.25) is 5.02 Å². The summed E-state index contributed by atoms with van der Waals surface area (Å²) in [6.07, 6.45) is -5.57. The van der Waals surface area contributed by atoms with Crippen LogP contribution in [0.1, 0.15) is 5.56 Å². The van der Waals surface area contributed by atoms with Gasteiger partial charge in [0.25, 0.3) is 0 Å².